The highest BCUT2D eigenvalue weighted by atomic mass is 16.2. The van der Waals surface area contributed by atoms with Gasteiger partial charge in [0.25, 0.3) is 11.8 Å². The number of hydrogen-bond acceptors (Lipinski definition) is 3. The lowest BCUT2D eigenvalue weighted by Gasteiger charge is -2.06. The average Bonchev–Trinajstić information content (AvgIpc) is 3.01. The van der Waals surface area contributed by atoms with Gasteiger partial charge in [-0.15, -0.1) is 0 Å². The van der Waals surface area contributed by atoms with Crippen LogP contribution in [0.25, 0.3) is 0 Å². The van der Waals surface area contributed by atoms with Crippen molar-refractivity contribution in [3.8, 4) is 0 Å². The number of hydrazine groups is 1. The summed E-state index contributed by atoms with van der Waals surface area (Å²) in [5, 5.41) is 6.72. The second-order valence-corrected chi connectivity index (χ2v) is 4.99. The van der Waals surface area contributed by atoms with E-state index in [2.05, 4.69) is 21.0 Å². The second-order valence-electron chi connectivity index (χ2n) is 4.99. The highest BCUT2D eigenvalue weighted by molar-refractivity contribution is 5.98. The minimum Gasteiger partial charge on any atom is -0.282 e. The van der Waals surface area contributed by atoms with Gasteiger partial charge in [0.05, 0.1) is 0 Å². The molecule has 6 nitrogen and oxygen atoms in total. The van der Waals surface area contributed by atoms with Crippen molar-refractivity contribution in [2.75, 3.05) is 0 Å². The molecule has 3 N–H and O–H groups in total. The van der Waals surface area contributed by atoms with Crippen LogP contribution >= 0.6 is 0 Å². The maximum Gasteiger partial charge on any atom is 0.290 e. The second kappa shape index (κ2) is 7.40. The SMILES string of the molecule is CCCc1cc(C(=O)NNC(=O)c2ccc(CC)cc2)n[nH]1. The molecule has 0 unspecified atom stereocenters. The van der Waals surface area contributed by atoms with Crippen molar-refractivity contribution in [3.05, 3.63) is 52.8 Å². The van der Waals surface area contributed by atoms with Gasteiger partial charge in [0.15, 0.2) is 5.69 Å². The monoisotopic (exact) mass is 300 g/mol. The van der Waals surface area contributed by atoms with E-state index in [4.69, 9.17) is 0 Å². The lowest BCUT2D eigenvalue weighted by Crippen LogP contribution is -2.41. The highest BCUT2D eigenvalue weighted by Crippen LogP contribution is 2.05. The molecular weight excluding hydrogens is 280 g/mol. The lowest BCUT2D eigenvalue weighted by atomic mass is 10.1. The predicted molar refractivity (Wildman–Crippen MR) is 83.3 cm³/mol. The van der Waals surface area contributed by atoms with Gasteiger partial charge in [-0.2, -0.15) is 5.10 Å². The van der Waals surface area contributed by atoms with Gasteiger partial charge in [0.1, 0.15) is 0 Å². The topological polar surface area (TPSA) is 86.9 Å². The molecule has 116 valence electrons. The average molecular weight is 300 g/mol. The third-order valence-electron chi connectivity index (χ3n) is 3.30. The van der Waals surface area contributed by atoms with Crippen molar-refractivity contribution in [2.24, 2.45) is 0 Å². The number of benzene rings is 1. The Morgan fingerprint density at radius 2 is 1.77 bits per heavy atom. The fourth-order valence-electron chi connectivity index (χ4n) is 2.02. The van der Waals surface area contributed by atoms with Crippen LogP contribution in [0.3, 0.4) is 0 Å². The molecule has 0 saturated carbocycles. The molecule has 1 aromatic carbocycles. The van der Waals surface area contributed by atoms with Gasteiger partial charge in [-0.1, -0.05) is 32.4 Å². The predicted octanol–water partition coefficient (Wildman–Crippen LogP) is 2.00. The van der Waals surface area contributed by atoms with E-state index in [1.807, 2.05) is 26.0 Å². The van der Waals surface area contributed by atoms with Crippen LogP contribution < -0.4 is 10.9 Å². The number of carbonyl (C=O) groups is 2. The molecule has 2 aromatic rings. The quantitative estimate of drug-likeness (QED) is 0.738. The number of nitrogens with zero attached hydrogens (tertiary/aromatic N) is 1. The van der Waals surface area contributed by atoms with E-state index < -0.39 is 5.91 Å². The Kier molecular flexibility index (Phi) is 5.30. The normalized spacial score (nSPS) is 10.3. The molecule has 2 amide bonds. The zero-order valence-electron chi connectivity index (χ0n) is 12.8. The van der Waals surface area contributed by atoms with Crippen LogP contribution in [0, 0.1) is 0 Å². The van der Waals surface area contributed by atoms with Crippen LogP contribution in [0.1, 0.15) is 52.4 Å². The summed E-state index contributed by atoms with van der Waals surface area (Å²) in [6, 6.07) is 8.92. The van der Waals surface area contributed by atoms with Gasteiger partial charge < -0.3 is 0 Å². The van der Waals surface area contributed by atoms with Gasteiger partial charge in [-0.05, 0) is 36.6 Å². The number of aromatic nitrogens is 2. The molecule has 1 heterocycles. The first kappa shape index (κ1) is 15.8. The Morgan fingerprint density at radius 3 is 2.41 bits per heavy atom. The van der Waals surface area contributed by atoms with E-state index in [-0.39, 0.29) is 11.6 Å². The van der Waals surface area contributed by atoms with E-state index >= 15 is 0 Å². The van der Waals surface area contributed by atoms with E-state index in [0.29, 0.717) is 5.56 Å². The molecule has 2 rings (SSSR count). The fraction of sp³-hybridized carbons (Fsp3) is 0.312. The summed E-state index contributed by atoms with van der Waals surface area (Å²) >= 11 is 0. The highest BCUT2D eigenvalue weighted by Gasteiger charge is 2.12. The molecule has 22 heavy (non-hydrogen) atoms. The number of rotatable bonds is 5. The van der Waals surface area contributed by atoms with E-state index in [1.165, 1.54) is 0 Å². The molecule has 0 aliphatic rings. The molecule has 6 heteroatoms. The molecule has 0 bridgehead atoms. The summed E-state index contributed by atoms with van der Waals surface area (Å²) in [5.74, 6) is -0.808. The zero-order valence-corrected chi connectivity index (χ0v) is 12.8. The zero-order chi connectivity index (χ0) is 15.9. The third kappa shape index (κ3) is 3.94. The van der Waals surface area contributed by atoms with Crippen LogP contribution in [-0.2, 0) is 12.8 Å². The summed E-state index contributed by atoms with van der Waals surface area (Å²) in [4.78, 5) is 23.8. The van der Waals surface area contributed by atoms with Gasteiger partial charge in [0, 0.05) is 11.3 Å². The van der Waals surface area contributed by atoms with Crippen LogP contribution in [0.5, 0.6) is 0 Å². The molecule has 1 aromatic heterocycles. The van der Waals surface area contributed by atoms with E-state index in [1.54, 1.807) is 18.2 Å². The summed E-state index contributed by atoms with van der Waals surface area (Å²) in [6.45, 7) is 4.09. The fourth-order valence-corrected chi connectivity index (χ4v) is 2.02. The van der Waals surface area contributed by atoms with Crippen molar-refractivity contribution < 1.29 is 9.59 Å². The summed E-state index contributed by atoms with van der Waals surface area (Å²) in [7, 11) is 0. The number of H-pyrrole nitrogens is 1. The van der Waals surface area contributed by atoms with Gasteiger partial charge in [0.2, 0.25) is 0 Å². The summed E-state index contributed by atoms with van der Waals surface area (Å²) in [6.07, 6.45) is 2.71. The molecule has 0 fully saturated rings. The first-order chi connectivity index (χ1) is 10.6. The maximum atomic E-state index is 11.9. The number of nitrogens with one attached hydrogen (secondary N) is 3. The molecule has 0 atom stereocenters. The number of aryl methyl sites for hydroxylation is 2. The minimum atomic E-state index is -0.447. The Morgan fingerprint density at radius 1 is 1.09 bits per heavy atom. The maximum absolute atomic E-state index is 11.9. The molecule has 0 radical (unpaired) electrons. The third-order valence-corrected chi connectivity index (χ3v) is 3.30. The lowest BCUT2D eigenvalue weighted by molar-refractivity contribution is 0.0844. The minimum absolute atomic E-state index is 0.255. The van der Waals surface area contributed by atoms with Crippen LogP contribution in [0.4, 0.5) is 0 Å². The largest absolute Gasteiger partial charge is 0.290 e. The van der Waals surface area contributed by atoms with Crippen molar-refractivity contribution in [3.63, 3.8) is 0 Å². The van der Waals surface area contributed by atoms with Crippen molar-refractivity contribution in [1.82, 2.24) is 21.0 Å². The first-order valence-corrected chi connectivity index (χ1v) is 7.38. The number of amides is 2. The Balaban J connectivity index is 1.90. The smallest absolute Gasteiger partial charge is 0.282 e. The molecule has 0 aliphatic carbocycles. The van der Waals surface area contributed by atoms with E-state index in [0.717, 1.165) is 30.5 Å². The van der Waals surface area contributed by atoms with Crippen molar-refractivity contribution >= 4 is 11.8 Å². The van der Waals surface area contributed by atoms with Gasteiger partial charge in [-0.25, -0.2) is 0 Å². The van der Waals surface area contributed by atoms with Gasteiger partial charge >= 0.3 is 0 Å². The van der Waals surface area contributed by atoms with E-state index in [9.17, 15) is 9.59 Å². The van der Waals surface area contributed by atoms with Crippen LogP contribution in [0.15, 0.2) is 30.3 Å². The molecule has 0 spiro atoms. The van der Waals surface area contributed by atoms with Crippen LogP contribution in [0.2, 0.25) is 0 Å². The summed E-state index contributed by atoms with van der Waals surface area (Å²) in [5.41, 5.74) is 7.54. The van der Waals surface area contributed by atoms with Crippen molar-refractivity contribution in [2.45, 2.75) is 33.1 Å². The Labute approximate surface area is 129 Å². The Hall–Kier alpha value is -2.63. The standard InChI is InChI=1S/C16H20N4O2/c1-3-5-13-10-14(18-17-13)16(22)20-19-15(21)12-8-6-11(4-2)7-9-12/h6-10H,3-5H2,1-2H3,(H,17,18)(H,19,21)(H,20,22). The molecule has 0 saturated heterocycles. The number of aromatic amines is 1. The van der Waals surface area contributed by atoms with Gasteiger partial charge in [-0.3, -0.25) is 25.5 Å². The molecular formula is C16H20N4O2. The number of hydrogen-bond donors (Lipinski definition) is 3. The summed E-state index contributed by atoms with van der Waals surface area (Å²) < 4.78 is 0. The number of carbonyl (C=O) groups excluding carboxylic acids is 2. The Bertz CT molecular complexity index is 646. The van der Waals surface area contributed by atoms with Crippen molar-refractivity contribution in [1.29, 1.82) is 0 Å². The first-order valence-electron chi connectivity index (χ1n) is 7.38. The van der Waals surface area contributed by atoms with Crippen LogP contribution in [-0.4, -0.2) is 22.0 Å². The molecule has 0 aliphatic heterocycles.